The molecule has 2 saturated heterocycles. The number of carbonyl (C=O) groups is 1. The molecule has 0 saturated carbocycles. The van der Waals surface area contributed by atoms with Gasteiger partial charge in [0.2, 0.25) is 5.91 Å². The van der Waals surface area contributed by atoms with Gasteiger partial charge in [-0.25, -0.2) is 0 Å². The first-order chi connectivity index (χ1) is 10.0. The van der Waals surface area contributed by atoms with Crippen LogP contribution in [0.15, 0.2) is 0 Å². The monoisotopic (exact) mass is 296 g/mol. The minimum atomic E-state index is 0.251. The van der Waals surface area contributed by atoms with Crippen LogP contribution in [0, 0.1) is 0 Å². The largest absolute Gasteiger partial charge is 0.342 e. The third-order valence-electron chi connectivity index (χ3n) is 5.14. The molecule has 1 amide bonds. The van der Waals surface area contributed by atoms with Gasteiger partial charge in [0.15, 0.2) is 0 Å². The van der Waals surface area contributed by atoms with Crippen LogP contribution in [0.1, 0.15) is 27.2 Å². The minimum Gasteiger partial charge on any atom is -0.342 e. The van der Waals surface area contributed by atoms with Gasteiger partial charge in [-0.3, -0.25) is 14.6 Å². The van der Waals surface area contributed by atoms with Crippen molar-refractivity contribution in [1.82, 2.24) is 19.6 Å². The van der Waals surface area contributed by atoms with Gasteiger partial charge in [0, 0.05) is 58.4 Å². The smallest absolute Gasteiger partial charge is 0.236 e. The maximum Gasteiger partial charge on any atom is 0.236 e. The number of carbonyl (C=O) groups excluding carboxylic acids is 1. The van der Waals surface area contributed by atoms with Crippen LogP contribution >= 0.6 is 0 Å². The summed E-state index contributed by atoms with van der Waals surface area (Å²) in [5.74, 6) is 0.251. The van der Waals surface area contributed by atoms with E-state index in [0.29, 0.717) is 12.6 Å². The fourth-order valence-corrected chi connectivity index (χ4v) is 3.29. The molecule has 2 fully saturated rings. The molecule has 0 aromatic carbocycles. The molecule has 5 heteroatoms. The molecule has 0 aromatic heterocycles. The zero-order valence-corrected chi connectivity index (χ0v) is 14.2. The lowest BCUT2D eigenvalue weighted by molar-refractivity contribution is -0.132. The van der Waals surface area contributed by atoms with Gasteiger partial charge in [-0.1, -0.05) is 6.92 Å². The first-order valence-corrected chi connectivity index (χ1v) is 8.45. The van der Waals surface area contributed by atoms with Crippen LogP contribution in [0.5, 0.6) is 0 Å². The highest BCUT2D eigenvalue weighted by Gasteiger charge is 2.30. The Kier molecular flexibility index (Phi) is 6.02. The van der Waals surface area contributed by atoms with Crippen molar-refractivity contribution >= 4 is 5.91 Å². The lowest BCUT2D eigenvalue weighted by Crippen LogP contribution is -2.51. The molecule has 21 heavy (non-hydrogen) atoms. The zero-order chi connectivity index (χ0) is 15.4. The SMILES string of the molecule is CCN1CCN([C@@H]2CCN(CC(=O)N(C)C(C)C)C2)CC1. The van der Waals surface area contributed by atoms with E-state index in [0.717, 1.165) is 13.1 Å². The Hall–Kier alpha value is -0.650. The summed E-state index contributed by atoms with van der Waals surface area (Å²) in [5, 5.41) is 0. The average molecular weight is 296 g/mol. The van der Waals surface area contributed by atoms with Gasteiger partial charge in [0.1, 0.15) is 0 Å². The summed E-state index contributed by atoms with van der Waals surface area (Å²) >= 11 is 0. The van der Waals surface area contributed by atoms with Crippen molar-refractivity contribution in [2.24, 2.45) is 0 Å². The lowest BCUT2D eigenvalue weighted by Gasteiger charge is -2.37. The molecule has 122 valence electrons. The maximum absolute atomic E-state index is 12.2. The summed E-state index contributed by atoms with van der Waals surface area (Å²) < 4.78 is 0. The van der Waals surface area contributed by atoms with Crippen molar-refractivity contribution in [2.45, 2.75) is 39.3 Å². The number of likely N-dealkylation sites (tertiary alicyclic amines) is 1. The van der Waals surface area contributed by atoms with Crippen LogP contribution in [0.3, 0.4) is 0 Å². The van der Waals surface area contributed by atoms with E-state index in [4.69, 9.17) is 0 Å². The van der Waals surface area contributed by atoms with E-state index in [9.17, 15) is 4.79 Å². The number of rotatable bonds is 5. The Morgan fingerprint density at radius 2 is 1.81 bits per heavy atom. The Morgan fingerprint density at radius 3 is 2.38 bits per heavy atom. The number of hydrogen-bond acceptors (Lipinski definition) is 4. The second-order valence-electron chi connectivity index (χ2n) is 6.75. The van der Waals surface area contributed by atoms with Crippen molar-refractivity contribution in [2.75, 3.05) is 59.4 Å². The molecule has 0 bridgehead atoms. The predicted molar refractivity (Wildman–Crippen MR) is 86.4 cm³/mol. The molecule has 0 aliphatic carbocycles. The van der Waals surface area contributed by atoms with E-state index in [1.54, 1.807) is 0 Å². The fourth-order valence-electron chi connectivity index (χ4n) is 3.29. The second kappa shape index (κ2) is 7.56. The molecule has 2 rings (SSSR count). The predicted octanol–water partition coefficient (Wildman–Crippen LogP) is 0.565. The Bertz CT molecular complexity index is 339. The average Bonchev–Trinajstić information content (AvgIpc) is 2.94. The maximum atomic E-state index is 12.2. The van der Waals surface area contributed by atoms with E-state index < -0.39 is 0 Å². The molecule has 5 nitrogen and oxygen atoms in total. The normalized spacial score (nSPS) is 25.7. The molecular weight excluding hydrogens is 264 g/mol. The van der Waals surface area contributed by atoms with Gasteiger partial charge < -0.3 is 9.80 Å². The third-order valence-corrected chi connectivity index (χ3v) is 5.14. The first-order valence-electron chi connectivity index (χ1n) is 8.45. The summed E-state index contributed by atoms with van der Waals surface area (Å²) in [6.45, 7) is 15.0. The molecule has 0 aromatic rings. The van der Waals surface area contributed by atoms with Gasteiger partial charge in [0.05, 0.1) is 6.54 Å². The molecule has 0 N–H and O–H groups in total. The van der Waals surface area contributed by atoms with E-state index in [1.807, 2.05) is 11.9 Å². The van der Waals surface area contributed by atoms with Gasteiger partial charge in [0.25, 0.3) is 0 Å². The number of piperazine rings is 1. The number of hydrogen-bond donors (Lipinski definition) is 0. The van der Waals surface area contributed by atoms with Crippen LogP contribution in [-0.4, -0.2) is 97.0 Å². The number of nitrogens with zero attached hydrogens (tertiary/aromatic N) is 4. The van der Waals surface area contributed by atoms with Crippen LogP contribution in [0.2, 0.25) is 0 Å². The van der Waals surface area contributed by atoms with Crippen molar-refractivity contribution in [3.8, 4) is 0 Å². The van der Waals surface area contributed by atoms with E-state index in [-0.39, 0.29) is 11.9 Å². The fraction of sp³-hybridized carbons (Fsp3) is 0.938. The standard InChI is InChI=1S/C16H32N4O/c1-5-18-8-10-20(11-9-18)15-6-7-19(12-15)13-16(21)17(4)14(2)3/h14-15H,5-13H2,1-4H3/t15-/m1/s1. The Balaban J connectivity index is 1.75. The summed E-state index contributed by atoms with van der Waals surface area (Å²) in [4.78, 5) is 21.5. The Morgan fingerprint density at radius 1 is 1.14 bits per heavy atom. The molecule has 2 heterocycles. The molecule has 0 spiro atoms. The van der Waals surface area contributed by atoms with E-state index in [1.165, 1.54) is 39.1 Å². The second-order valence-corrected chi connectivity index (χ2v) is 6.75. The van der Waals surface area contributed by atoms with Crippen LogP contribution in [0.4, 0.5) is 0 Å². The van der Waals surface area contributed by atoms with Crippen molar-refractivity contribution in [1.29, 1.82) is 0 Å². The molecule has 0 radical (unpaired) electrons. The summed E-state index contributed by atoms with van der Waals surface area (Å²) in [7, 11) is 1.91. The topological polar surface area (TPSA) is 30.0 Å². The quantitative estimate of drug-likeness (QED) is 0.742. The van der Waals surface area contributed by atoms with Crippen LogP contribution in [0.25, 0.3) is 0 Å². The minimum absolute atomic E-state index is 0.251. The van der Waals surface area contributed by atoms with Gasteiger partial charge in [-0.15, -0.1) is 0 Å². The molecule has 1 atom stereocenters. The first kappa shape index (κ1) is 16.7. The highest BCUT2D eigenvalue weighted by molar-refractivity contribution is 5.78. The zero-order valence-electron chi connectivity index (χ0n) is 14.2. The summed E-state index contributed by atoms with van der Waals surface area (Å²) in [5.41, 5.74) is 0. The number of amides is 1. The van der Waals surface area contributed by atoms with Crippen molar-refractivity contribution in [3.05, 3.63) is 0 Å². The van der Waals surface area contributed by atoms with Crippen molar-refractivity contribution < 1.29 is 4.79 Å². The Labute approximate surface area is 129 Å². The molecule has 0 unspecified atom stereocenters. The molecule has 2 aliphatic rings. The van der Waals surface area contributed by atoms with Crippen molar-refractivity contribution in [3.63, 3.8) is 0 Å². The third kappa shape index (κ3) is 4.41. The summed E-state index contributed by atoms with van der Waals surface area (Å²) in [6, 6.07) is 0.944. The van der Waals surface area contributed by atoms with Gasteiger partial charge in [-0.05, 0) is 26.8 Å². The van der Waals surface area contributed by atoms with Gasteiger partial charge >= 0.3 is 0 Å². The molecular formula is C16H32N4O. The van der Waals surface area contributed by atoms with Crippen LogP contribution in [-0.2, 0) is 4.79 Å². The van der Waals surface area contributed by atoms with E-state index in [2.05, 4.69) is 35.5 Å². The lowest BCUT2D eigenvalue weighted by atomic mass is 10.2. The van der Waals surface area contributed by atoms with Crippen LogP contribution < -0.4 is 0 Å². The highest BCUT2D eigenvalue weighted by atomic mass is 16.2. The molecule has 2 aliphatic heterocycles. The highest BCUT2D eigenvalue weighted by Crippen LogP contribution is 2.17. The van der Waals surface area contributed by atoms with E-state index >= 15 is 0 Å². The summed E-state index contributed by atoms with van der Waals surface area (Å²) in [6.07, 6.45) is 1.21. The van der Waals surface area contributed by atoms with Gasteiger partial charge in [-0.2, -0.15) is 0 Å². The number of likely N-dealkylation sites (N-methyl/N-ethyl adjacent to an activating group) is 2.